The van der Waals surface area contributed by atoms with Crippen LogP contribution < -0.4 is 26.0 Å². The highest BCUT2D eigenvalue weighted by Crippen LogP contribution is 2.40. The molecule has 6 amide bonds. The normalized spacial score (nSPS) is 16.1. The van der Waals surface area contributed by atoms with E-state index in [1.807, 2.05) is 60.7 Å². The molecular formula is C60H80N6O11. The molecule has 0 saturated heterocycles. The van der Waals surface area contributed by atoms with Crippen LogP contribution in [0.25, 0.3) is 11.1 Å². The first kappa shape index (κ1) is 60.6. The number of carboxylic acid groups (broad SMARTS) is 1. The van der Waals surface area contributed by atoms with Crippen LogP contribution in [0.5, 0.6) is 11.5 Å². The number of phenolic OH excluding ortho intramolecular Hbond substituents is 1. The highest BCUT2D eigenvalue weighted by Gasteiger charge is 2.34. The Morgan fingerprint density at radius 1 is 0.701 bits per heavy atom. The number of carbonyl (C=O) groups excluding carboxylic acids is 6. The Morgan fingerprint density at radius 2 is 1.30 bits per heavy atom. The number of nitrogens with zero attached hydrogens (tertiary/aromatic N) is 2. The van der Waals surface area contributed by atoms with E-state index in [4.69, 9.17) is 9.47 Å². The van der Waals surface area contributed by atoms with Crippen molar-refractivity contribution in [3.63, 3.8) is 0 Å². The van der Waals surface area contributed by atoms with E-state index in [2.05, 4.69) is 28.2 Å². The molecule has 4 bridgehead atoms. The maximum atomic E-state index is 14.3. The topological polar surface area (TPSA) is 233 Å². The summed E-state index contributed by atoms with van der Waals surface area (Å²) in [5, 5.41) is 31.8. The first-order valence-corrected chi connectivity index (χ1v) is 27.2. The summed E-state index contributed by atoms with van der Waals surface area (Å²) in [5.74, 6) is -5.13. The summed E-state index contributed by atoms with van der Waals surface area (Å²) in [4.78, 5) is 97.7. The van der Waals surface area contributed by atoms with Crippen LogP contribution >= 0.6 is 0 Å². The Labute approximate surface area is 453 Å². The SMILES string of the molecule is CCCCCCCCCCCCCCCC(=O)N(C)[C@H](COCc1ccccc1)C(=O)N[C@H](C)C(=O)NCC(=O)N(C)[C@@H]1C(=O)N[C@@H](C)C(=O)N[C@H](C(=O)O)Cc2ccc(OCc3ccccc3)c(c2)-c2cc1ccc2O. The molecule has 6 N–H and O–H groups in total. The fourth-order valence-electron chi connectivity index (χ4n) is 9.19. The summed E-state index contributed by atoms with van der Waals surface area (Å²) in [6.07, 6.45) is 15.3. The third-order valence-corrected chi connectivity index (χ3v) is 14.0. The molecule has 1 heterocycles. The third-order valence-electron chi connectivity index (χ3n) is 14.0. The minimum atomic E-state index is -1.45. The van der Waals surface area contributed by atoms with Gasteiger partial charge >= 0.3 is 5.97 Å². The van der Waals surface area contributed by atoms with Gasteiger partial charge in [0.1, 0.15) is 48.3 Å². The molecule has 0 aliphatic carbocycles. The molecule has 0 spiro atoms. The van der Waals surface area contributed by atoms with Crippen LogP contribution in [0.15, 0.2) is 97.1 Å². The van der Waals surface area contributed by atoms with E-state index in [1.165, 1.54) is 102 Å². The van der Waals surface area contributed by atoms with E-state index in [0.29, 0.717) is 23.3 Å². The van der Waals surface area contributed by atoms with Crippen molar-refractivity contribution in [2.45, 2.75) is 161 Å². The van der Waals surface area contributed by atoms with Gasteiger partial charge in [0, 0.05) is 38.1 Å². The summed E-state index contributed by atoms with van der Waals surface area (Å²) < 4.78 is 12.2. The second-order valence-electron chi connectivity index (χ2n) is 20.1. The van der Waals surface area contributed by atoms with Gasteiger partial charge in [-0.05, 0) is 66.8 Å². The van der Waals surface area contributed by atoms with Crippen LogP contribution in [-0.2, 0) is 57.9 Å². The fourth-order valence-corrected chi connectivity index (χ4v) is 9.19. The van der Waals surface area contributed by atoms with Gasteiger partial charge in [-0.3, -0.25) is 28.8 Å². The Kier molecular flexibility index (Phi) is 24.9. The predicted molar refractivity (Wildman–Crippen MR) is 294 cm³/mol. The second-order valence-corrected chi connectivity index (χ2v) is 20.1. The van der Waals surface area contributed by atoms with Gasteiger partial charge in [-0.2, -0.15) is 0 Å². The zero-order chi connectivity index (χ0) is 55.7. The molecule has 4 aromatic rings. The number of carboxylic acids is 1. The van der Waals surface area contributed by atoms with Gasteiger partial charge in [-0.1, -0.05) is 157 Å². The average molecular weight is 1060 g/mol. The van der Waals surface area contributed by atoms with Crippen molar-refractivity contribution in [3.8, 4) is 22.6 Å². The number of amides is 6. The third kappa shape index (κ3) is 19.4. The molecule has 416 valence electrons. The molecule has 4 aromatic carbocycles. The minimum Gasteiger partial charge on any atom is -0.507 e. The quantitative estimate of drug-likeness (QED) is 0.0286. The summed E-state index contributed by atoms with van der Waals surface area (Å²) in [6.45, 7) is 4.62. The molecule has 17 nitrogen and oxygen atoms in total. The van der Waals surface area contributed by atoms with Crippen molar-refractivity contribution in [2.75, 3.05) is 27.2 Å². The molecule has 1 aliphatic rings. The number of aromatic hydroxyl groups is 1. The number of nitrogens with one attached hydrogen (secondary N) is 4. The van der Waals surface area contributed by atoms with Crippen molar-refractivity contribution in [1.29, 1.82) is 0 Å². The first-order chi connectivity index (χ1) is 37.1. The van der Waals surface area contributed by atoms with Crippen molar-refractivity contribution in [3.05, 3.63) is 119 Å². The Bertz CT molecular complexity index is 2560. The number of aliphatic carboxylic acids is 1. The molecule has 0 radical (unpaired) electrons. The van der Waals surface area contributed by atoms with Gasteiger partial charge in [0.15, 0.2) is 0 Å². The maximum absolute atomic E-state index is 14.3. The molecular weight excluding hydrogens is 981 g/mol. The molecule has 5 atom stereocenters. The summed E-state index contributed by atoms with van der Waals surface area (Å²) in [5.41, 5.74) is 3.01. The molecule has 0 unspecified atom stereocenters. The number of likely N-dealkylation sites (N-methyl/N-ethyl adjacent to an activating group) is 2. The highest BCUT2D eigenvalue weighted by atomic mass is 16.5. The van der Waals surface area contributed by atoms with Crippen molar-refractivity contribution in [1.82, 2.24) is 31.1 Å². The molecule has 0 fully saturated rings. The van der Waals surface area contributed by atoms with Crippen molar-refractivity contribution >= 4 is 41.4 Å². The van der Waals surface area contributed by atoms with Crippen LogP contribution in [0.4, 0.5) is 0 Å². The number of unbranched alkanes of at least 4 members (excludes halogenated alkanes) is 12. The minimum absolute atomic E-state index is 0.137. The monoisotopic (exact) mass is 1060 g/mol. The molecule has 1 aliphatic heterocycles. The standard InChI is InChI=1S/C60H80N6O11/c1-6-7-8-9-10-11-12-13-14-15-16-17-24-29-53(68)65(4)50(40-76-38-43-25-20-18-21-26-43)58(72)62-41(2)56(70)61-37-54(69)66(5)55-46-31-32-51(67)47(36-46)48-34-45(30-33-52(48)77-39-44-27-22-19-23-28-44)35-49(60(74)75)64-57(71)42(3)63-59(55)73/h18-23,25-28,30-34,36,41-42,49-50,55,67H,6-17,24,29,35,37-40H2,1-5H3,(H,61,70)(H,62,72)(H,63,73)(H,64,71)(H,74,75)/t41-,42+,49+,50-,55+/m1/s1. The van der Waals surface area contributed by atoms with Gasteiger partial charge in [0.05, 0.1) is 19.8 Å². The number of phenols is 1. The van der Waals surface area contributed by atoms with Crippen LogP contribution in [0.2, 0.25) is 0 Å². The molecule has 17 heteroatoms. The lowest BCUT2D eigenvalue weighted by atomic mass is 9.93. The number of benzene rings is 4. The van der Waals surface area contributed by atoms with Gasteiger partial charge in [0.2, 0.25) is 35.4 Å². The number of fused-ring (bicyclic) bond motifs is 5. The zero-order valence-electron chi connectivity index (χ0n) is 45.5. The number of ether oxygens (including phenoxy) is 2. The Morgan fingerprint density at radius 3 is 1.91 bits per heavy atom. The predicted octanol–water partition coefficient (Wildman–Crippen LogP) is 7.91. The molecule has 77 heavy (non-hydrogen) atoms. The van der Waals surface area contributed by atoms with Gasteiger partial charge in [0.25, 0.3) is 0 Å². The lowest BCUT2D eigenvalue weighted by Gasteiger charge is -2.30. The smallest absolute Gasteiger partial charge is 0.326 e. The average Bonchev–Trinajstić information content (AvgIpc) is 3.42. The highest BCUT2D eigenvalue weighted by molar-refractivity contribution is 5.96. The Balaban J connectivity index is 1.26. The van der Waals surface area contributed by atoms with Gasteiger partial charge in [-0.25, -0.2) is 4.79 Å². The fraction of sp³-hybridized carbons (Fsp3) is 0.483. The van der Waals surface area contributed by atoms with E-state index in [0.717, 1.165) is 35.3 Å². The maximum Gasteiger partial charge on any atom is 0.326 e. The lowest BCUT2D eigenvalue weighted by Crippen LogP contribution is -2.55. The zero-order valence-corrected chi connectivity index (χ0v) is 45.5. The van der Waals surface area contributed by atoms with E-state index < -0.39 is 72.3 Å². The summed E-state index contributed by atoms with van der Waals surface area (Å²) in [7, 11) is 2.89. The second kappa shape index (κ2) is 31.7. The number of rotatable bonds is 29. The van der Waals surface area contributed by atoms with E-state index >= 15 is 0 Å². The molecule has 0 saturated carbocycles. The van der Waals surface area contributed by atoms with Crippen molar-refractivity contribution < 1.29 is 53.2 Å². The largest absolute Gasteiger partial charge is 0.507 e. The summed E-state index contributed by atoms with van der Waals surface area (Å²) >= 11 is 0. The number of carbonyl (C=O) groups is 7. The van der Waals surface area contributed by atoms with Crippen molar-refractivity contribution in [2.24, 2.45) is 0 Å². The van der Waals surface area contributed by atoms with Gasteiger partial charge in [-0.15, -0.1) is 0 Å². The number of hydrogen-bond donors (Lipinski definition) is 6. The van der Waals surface area contributed by atoms with E-state index in [1.54, 1.807) is 25.2 Å². The van der Waals surface area contributed by atoms with E-state index in [-0.39, 0.29) is 55.4 Å². The lowest BCUT2D eigenvalue weighted by molar-refractivity contribution is -0.143. The molecule has 5 rings (SSSR count). The van der Waals surface area contributed by atoms with Crippen LogP contribution in [0.3, 0.4) is 0 Å². The summed E-state index contributed by atoms with van der Waals surface area (Å²) in [6, 6.07) is 21.7. The van der Waals surface area contributed by atoms with Crippen LogP contribution in [0.1, 0.15) is 139 Å². The van der Waals surface area contributed by atoms with Crippen LogP contribution in [0, 0.1) is 0 Å². The molecule has 0 aromatic heterocycles. The van der Waals surface area contributed by atoms with Crippen LogP contribution in [-0.4, -0.2) is 113 Å². The van der Waals surface area contributed by atoms with E-state index in [9.17, 15) is 43.8 Å². The first-order valence-electron chi connectivity index (χ1n) is 27.2. The van der Waals surface area contributed by atoms with Gasteiger partial charge < -0.3 is 50.8 Å². The number of hydrogen-bond acceptors (Lipinski definition) is 10. The Hall–Kier alpha value is -7.27.